The molecule has 4 rings (SSSR count). The third-order valence-corrected chi connectivity index (χ3v) is 7.71. The summed E-state index contributed by atoms with van der Waals surface area (Å²) in [5.74, 6) is 0.143. The number of piperidine rings is 1. The van der Waals surface area contributed by atoms with Crippen LogP contribution in [0.2, 0.25) is 5.02 Å². The van der Waals surface area contributed by atoms with E-state index in [0.29, 0.717) is 36.8 Å². The molecule has 2 aliphatic rings. The van der Waals surface area contributed by atoms with Crippen LogP contribution >= 0.6 is 11.6 Å². The summed E-state index contributed by atoms with van der Waals surface area (Å²) < 4.78 is 29.8. The highest BCUT2D eigenvalue weighted by molar-refractivity contribution is 7.86. The summed E-state index contributed by atoms with van der Waals surface area (Å²) in [6.45, 7) is 1.65. The molecule has 0 spiro atoms. The van der Waals surface area contributed by atoms with Crippen molar-refractivity contribution in [2.24, 2.45) is 0 Å². The van der Waals surface area contributed by atoms with Gasteiger partial charge in [-0.25, -0.2) is 9.97 Å². The first kappa shape index (κ1) is 19.6. The van der Waals surface area contributed by atoms with Crippen LogP contribution in [-0.2, 0) is 10.2 Å². The Morgan fingerprint density at radius 1 is 1.11 bits per heavy atom. The average Bonchev–Trinajstić information content (AvgIpc) is 3.24. The number of nitrogens with two attached hydrogens (primary N) is 1. The Balaban J connectivity index is 1.79. The minimum absolute atomic E-state index is 0.143. The summed E-state index contributed by atoms with van der Waals surface area (Å²) in [6, 6.07) is 7.05. The molecule has 1 aromatic heterocycles. The van der Waals surface area contributed by atoms with Crippen LogP contribution in [0, 0.1) is 0 Å². The Morgan fingerprint density at radius 2 is 1.86 bits per heavy atom. The van der Waals surface area contributed by atoms with Crippen LogP contribution in [0.25, 0.3) is 11.1 Å². The monoisotopic (exact) mass is 421 g/mol. The SMILES string of the molecule is Nc1ncc(-c2cccc(Cl)c2)c([C@H]2CCCCN2S(=O)(=O)N2CCCC2)n1. The van der Waals surface area contributed by atoms with Crippen molar-refractivity contribution >= 4 is 27.8 Å². The van der Waals surface area contributed by atoms with Gasteiger partial charge in [-0.1, -0.05) is 30.2 Å². The molecule has 0 saturated carbocycles. The van der Waals surface area contributed by atoms with Crippen molar-refractivity contribution in [1.29, 1.82) is 0 Å². The predicted molar refractivity (Wildman–Crippen MR) is 110 cm³/mol. The third kappa shape index (κ3) is 3.74. The summed E-state index contributed by atoms with van der Waals surface area (Å²) in [5, 5.41) is 0.602. The minimum atomic E-state index is -3.54. The van der Waals surface area contributed by atoms with Gasteiger partial charge >= 0.3 is 0 Å². The molecule has 9 heteroatoms. The van der Waals surface area contributed by atoms with Gasteiger partial charge in [-0.2, -0.15) is 17.0 Å². The molecule has 0 amide bonds. The van der Waals surface area contributed by atoms with Crippen LogP contribution in [0.4, 0.5) is 5.95 Å². The average molecular weight is 422 g/mol. The molecule has 28 heavy (non-hydrogen) atoms. The van der Waals surface area contributed by atoms with Crippen molar-refractivity contribution in [3.8, 4) is 11.1 Å². The van der Waals surface area contributed by atoms with Crippen LogP contribution < -0.4 is 5.73 Å². The Labute approximate surface area is 170 Å². The van der Waals surface area contributed by atoms with Crippen LogP contribution in [0.15, 0.2) is 30.5 Å². The van der Waals surface area contributed by atoms with E-state index in [1.54, 1.807) is 20.9 Å². The van der Waals surface area contributed by atoms with E-state index in [9.17, 15) is 8.42 Å². The first-order chi connectivity index (χ1) is 13.5. The van der Waals surface area contributed by atoms with Gasteiger partial charge in [0.2, 0.25) is 5.95 Å². The van der Waals surface area contributed by atoms with Gasteiger partial charge in [0.25, 0.3) is 10.2 Å². The Morgan fingerprint density at radius 3 is 2.61 bits per heavy atom. The second-order valence-electron chi connectivity index (χ2n) is 7.27. The maximum Gasteiger partial charge on any atom is 0.282 e. The summed E-state index contributed by atoms with van der Waals surface area (Å²) >= 11 is 6.17. The fourth-order valence-corrected chi connectivity index (χ4v) is 6.16. The van der Waals surface area contributed by atoms with Crippen LogP contribution in [-0.4, -0.2) is 46.6 Å². The van der Waals surface area contributed by atoms with Gasteiger partial charge in [-0.3, -0.25) is 0 Å². The van der Waals surface area contributed by atoms with Crippen molar-refractivity contribution < 1.29 is 8.42 Å². The number of rotatable bonds is 4. The van der Waals surface area contributed by atoms with E-state index >= 15 is 0 Å². The molecule has 2 aromatic rings. The number of nitrogens with zero attached hydrogens (tertiary/aromatic N) is 4. The normalized spacial score (nSPS) is 21.8. The molecule has 150 valence electrons. The van der Waals surface area contributed by atoms with Gasteiger partial charge < -0.3 is 5.73 Å². The van der Waals surface area contributed by atoms with E-state index in [4.69, 9.17) is 17.3 Å². The highest BCUT2D eigenvalue weighted by Gasteiger charge is 2.39. The molecule has 2 saturated heterocycles. The minimum Gasteiger partial charge on any atom is -0.368 e. The molecule has 2 N–H and O–H groups in total. The summed E-state index contributed by atoms with van der Waals surface area (Å²) in [7, 11) is -3.54. The smallest absolute Gasteiger partial charge is 0.282 e. The van der Waals surface area contributed by atoms with Crippen molar-refractivity contribution in [2.75, 3.05) is 25.4 Å². The summed E-state index contributed by atoms with van der Waals surface area (Å²) in [5.41, 5.74) is 8.16. The number of anilines is 1. The van der Waals surface area contributed by atoms with Gasteiger partial charge in [0.1, 0.15) is 0 Å². The molecule has 7 nitrogen and oxygen atoms in total. The van der Waals surface area contributed by atoms with Crippen molar-refractivity contribution in [2.45, 2.75) is 38.1 Å². The molecule has 1 atom stereocenters. The van der Waals surface area contributed by atoms with Crippen LogP contribution in [0.3, 0.4) is 0 Å². The summed E-state index contributed by atoms with van der Waals surface area (Å²) in [4.78, 5) is 8.64. The second-order valence-corrected chi connectivity index (χ2v) is 9.59. The lowest BCUT2D eigenvalue weighted by atomic mass is 9.95. The van der Waals surface area contributed by atoms with Crippen LogP contribution in [0.5, 0.6) is 0 Å². The number of aromatic nitrogens is 2. The maximum atomic E-state index is 13.3. The van der Waals surface area contributed by atoms with Crippen LogP contribution in [0.1, 0.15) is 43.8 Å². The first-order valence-electron chi connectivity index (χ1n) is 9.62. The summed E-state index contributed by atoms with van der Waals surface area (Å²) in [6.07, 6.45) is 5.97. The van der Waals surface area contributed by atoms with E-state index in [-0.39, 0.29) is 12.0 Å². The predicted octanol–water partition coefficient (Wildman–Crippen LogP) is 3.25. The fraction of sp³-hybridized carbons (Fsp3) is 0.474. The molecule has 1 aromatic carbocycles. The Hall–Kier alpha value is -1.74. The number of halogens is 1. The quantitative estimate of drug-likeness (QED) is 0.817. The van der Waals surface area contributed by atoms with Gasteiger partial charge in [-0.15, -0.1) is 0 Å². The number of benzene rings is 1. The molecule has 0 aliphatic carbocycles. The zero-order valence-electron chi connectivity index (χ0n) is 15.6. The lowest BCUT2D eigenvalue weighted by molar-refractivity contribution is 0.235. The van der Waals surface area contributed by atoms with E-state index in [1.807, 2.05) is 18.2 Å². The molecule has 2 aliphatic heterocycles. The van der Waals surface area contributed by atoms with Gasteiger partial charge in [-0.05, 0) is 43.4 Å². The van der Waals surface area contributed by atoms with E-state index < -0.39 is 10.2 Å². The van der Waals surface area contributed by atoms with Gasteiger partial charge in [0.05, 0.1) is 11.7 Å². The molecule has 0 bridgehead atoms. The molecular formula is C19H24ClN5O2S. The maximum absolute atomic E-state index is 13.3. The van der Waals surface area contributed by atoms with E-state index in [2.05, 4.69) is 9.97 Å². The third-order valence-electron chi connectivity index (χ3n) is 5.43. The zero-order valence-corrected chi connectivity index (χ0v) is 17.2. The van der Waals surface area contributed by atoms with Gasteiger partial charge in [0, 0.05) is 36.4 Å². The highest BCUT2D eigenvalue weighted by Crippen LogP contribution is 2.39. The van der Waals surface area contributed by atoms with E-state index in [0.717, 1.165) is 36.8 Å². The Kier molecular flexibility index (Phi) is 5.55. The Bertz CT molecular complexity index is 963. The van der Waals surface area contributed by atoms with E-state index in [1.165, 1.54) is 0 Å². The highest BCUT2D eigenvalue weighted by atomic mass is 35.5. The fourth-order valence-electron chi connectivity index (χ4n) is 4.06. The second kappa shape index (κ2) is 7.94. The number of hydrogen-bond acceptors (Lipinski definition) is 5. The molecular weight excluding hydrogens is 398 g/mol. The molecule has 0 radical (unpaired) electrons. The lowest BCUT2D eigenvalue weighted by Gasteiger charge is -2.37. The zero-order chi connectivity index (χ0) is 19.7. The number of hydrogen-bond donors (Lipinski definition) is 1. The van der Waals surface area contributed by atoms with Crippen molar-refractivity contribution in [3.63, 3.8) is 0 Å². The molecule has 3 heterocycles. The van der Waals surface area contributed by atoms with Gasteiger partial charge in [0.15, 0.2) is 0 Å². The molecule has 0 unspecified atom stereocenters. The molecule has 2 fully saturated rings. The first-order valence-corrected chi connectivity index (χ1v) is 11.4. The largest absolute Gasteiger partial charge is 0.368 e. The van der Waals surface area contributed by atoms with Crippen molar-refractivity contribution in [1.82, 2.24) is 18.6 Å². The standard InChI is InChI=1S/C19H24ClN5O2S/c20-15-7-5-6-14(12-15)16-13-22-19(21)23-18(16)17-8-1-2-11-25(17)28(26,27)24-9-3-4-10-24/h5-7,12-13,17H,1-4,8-11H2,(H2,21,22,23)/t17-/m1/s1. The van der Waals surface area contributed by atoms with Crippen molar-refractivity contribution in [3.05, 3.63) is 41.2 Å². The lowest BCUT2D eigenvalue weighted by Crippen LogP contribution is -2.46. The number of nitrogen functional groups attached to an aromatic ring is 1. The topological polar surface area (TPSA) is 92.4 Å².